The summed E-state index contributed by atoms with van der Waals surface area (Å²) in [5.41, 5.74) is 1.97. The van der Waals surface area contributed by atoms with E-state index in [-0.39, 0.29) is 34.5 Å². The summed E-state index contributed by atoms with van der Waals surface area (Å²) in [6.45, 7) is 4.48. The fraction of sp³-hybridized carbons (Fsp3) is 0.407. The average Bonchev–Trinajstić information content (AvgIpc) is 3.04. The number of rotatable bonds is 4. The maximum absolute atomic E-state index is 13.3. The van der Waals surface area contributed by atoms with Gasteiger partial charge in [-0.1, -0.05) is 23.2 Å². The largest absolute Gasteiger partial charge is 0.416 e. The molecule has 5 rings (SSSR count). The lowest BCUT2D eigenvalue weighted by molar-refractivity contribution is -0.137. The van der Waals surface area contributed by atoms with Crippen molar-refractivity contribution in [2.24, 2.45) is 18.4 Å². The predicted molar refractivity (Wildman–Crippen MR) is 134 cm³/mol. The van der Waals surface area contributed by atoms with Crippen LogP contribution >= 0.6 is 23.2 Å². The van der Waals surface area contributed by atoms with E-state index in [1.165, 1.54) is 0 Å². The quantitative estimate of drug-likeness (QED) is 0.366. The predicted octanol–water partition coefficient (Wildman–Crippen LogP) is 6.84. The molecule has 1 aliphatic heterocycles. The van der Waals surface area contributed by atoms with E-state index in [0.717, 1.165) is 36.1 Å². The van der Waals surface area contributed by atoms with Gasteiger partial charge in [-0.15, -0.1) is 0 Å². The van der Waals surface area contributed by atoms with Crippen molar-refractivity contribution >= 4 is 45.8 Å². The first-order chi connectivity index (χ1) is 16.8. The van der Waals surface area contributed by atoms with Crippen LogP contribution in [0, 0.1) is 18.3 Å². The molecule has 1 aromatic heterocycles. The number of carbonyl (C=O) groups is 2. The normalized spacial score (nSPS) is 17.4. The molecule has 0 radical (unpaired) electrons. The van der Waals surface area contributed by atoms with Gasteiger partial charge in [-0.3, -0.25) is 9.59 Å². The standard InChI is InChI=1S/C27H25Cl2F3N2O2/c1-14-6-17(27(30,31)32)7-23-20(14)8-18(33(23)3)9-21-22(28)5-4-19(24(21)29)25(36)34-12-26(13-34)10-16(11-26)15(2)35/h4-8,16H,9-13H2,1-3H3. The summed E-state index contributed by atoms with van der Waals surface area (Å²) in [7, 11) is 1.71. The lowest BCUT2D eigenvalue weighted by atomic mass is 9.57. The van der Waals surface area contributed by atoms with E-state index in [2.05, 4.69) is 0 Å². The number of hydrogen-bond donors (Lipinski definition) is 0. The van der Waals surface area contributed by atoms with Gasteiger partial charge in [-0.05, 0) is 68.1 Å². The van der Waals surface area contributed by atoms with Gasteiger partial charge >= 0.3 is 6.18 Å². The van der Waals surface area contributed by atoms with Crippen molar-refractivity contribution in [3.8, 4) is 0 Å². The van der Waals surface area contributed by atoms with E-state index < -0.39 is 11.7 Å². The topological polar surface area (TPSA) is 42.3 Å². The van der Waals surface area contributed by atoms with Gasteiger partial charge in [-0.25, -0.2) is 0 Å². The number of Topliss-reactive ketones (excluding diaryl/α,β-unsaturated/α-hetero) is 1. The molecule has 1 aliphatic carbocycles. The van der Waals surface area contributed by atoms with Gasteiger partial charge in [0.1, 0.15) is 5.78 Å². The summed E-state index contributed by atoms with van der Waals surface area (Å²) < 4.78 is 41.7. The molecule has 0 unspecified atom stereocenters. The van der Waals surface area contributed by atoms with Crippen LogP contribution in [0.4, 0.5) is 13.2 Å². The number of hydrogen-bond acceptors (Lipinski definition) is 2. The van der Waals surface area contributed by atoms with Crippen molar-refractivity contribution < 1.29 is 22.8 Å². The molecule has 2 aliphatic rings. The number of halogens is 5. The van der Waals surface area contributed by atoms with Crippen LogP contribution in [0.2, 0.25) is 10.0 Å². The molecular weight excluding hydrogens is 512 g/mol. The second kappa shape index (κ2) is 8.52. The molecule has 9 heteroatoms. The Bertz CT molecular complexity index is 1410. The number of carbonyl (C=O) groups excluding carboxylic acids is 2. The van der Waals surface area contributed by atoms with Gasteiger partial charge < -0.3 is 9.47 Å². The molecular formula is C27H25Cl2F3N2O2. The van der Waals surface area contributed by atoms with Crippen LogP contribution in [0.15, 0.2) is 30.3 Å². The highest BCUT2D eigenvalue weighted by atomic mass is 35.5. The fourth-order valence-electron chi connectivity index (χ4n) is 5.71. The fourth-order valence-corrected chi connectivity index (χ4v) is 6.30. The van der Waals surface area contributed by atoms with Crippen LogP contribution in [0.5, 0.6) is 0 Å². The van der Waals surface area contributed by atoms with E-state index in [1.807, 2.05) is 6.07 Å². The van der Waals surface area contributed by atoms with Crippen LogP contribution in [0.25, 0.3) is 10.9 Å². The highest BCUT2D eigenvalue weighted by Crippen LogP contribution is 2.52. The van der Waals surface area contributed by atoms with Crippen molar-refractivity contribution in [3.63, 3.8) is 0 Å². The number of fused-ring (bicyclic) bond motifs is 1. The number of nitrogens with zero attached hydrogens (tertiary/aromatic N) is 2. The molecule has 1 saturated heterocycles. The van der Waals surface area contributed by atoms with Gasteiger partial charge in [-0.2, -0.15) is 13.2 Å². The second-order valence-corrected chi connectivity index (χ2v) is 11.1. The van der Waals surface area contributed by atoms with E-state index in [4.69, 9.17) is 23.2 Å². The zero-order valence-electron chi connectivity index (χ0n) is 20.1. The van der Waals surface area contributed by atoms with E-state index in [1.54, 1.807) is 42.5 Å². The summed E-state index contributed by atoms with van der Waals surface area (Å²) in [6.07, 6.45) is -2.54. The SMILES string of the molecule is CC(=O)C1CC2(C1)CN(C(=O)c1ccc(Cl)c(Cc3cc4c(C)cc(C(F)(F)F)cc4n3C)c1Cl)C2. The summed E-state index contributed by atoms with van der Waals surface area (Å²) in [6, 6.07) is 7.38. The maximum atomic E-state index is 13.3. The highest BCUT2D eigenvalue weighted by molar-refractivity contribution is 6.38. The van der Waals surface area contributed by atoms with E-state index in [0.29, 0.717) is 40.3 Å². The summed E-state index contributed by atoms with van der Waals surface area (Å²) in [5, 5.41) is 1.36. The van der Waals surface area contributed by atoms with Gasteiger partial charge in [0.2, 0.25) is 0 Å². The van der Waals surface area contributed by atoms with Crippen LogP contribution in [0.1, 0.15) is 52.5 Å². The molecule has 1 spiro atoms. The van der Waals surface area contributed by atoms with E-state index in [9.17, 15) is 22.8 Å². The van der Waals surface area contributed by atoms with Gasteiger partial charge in [0, 0.05) is 59.5 Å². The summed E-state index contributed by atoms with van der Waals surface area (Å²) in [4.78, 5) is 26.5. The molecule has 36 heavy (non-hydrogen) atoms. The Kier molecular flexibility index (Phi) is 5.95. The molecule has 0 atom stereocenters. The smallest absolute Gasteiger partial charge is 0.347 e. The van der Waals surface area contributed by atoms with Crippen molar-refractivity contribution in [2.45, 2.75) is 39.3 Å². The van der Waals surface area contributed by atoms with Gasteiger partial charge in [0.25, 0.3) is 5.91 Å². The molecule has 1 amide bonds. The summed E-state index contributed by atoms with van der Waals surface area (Å²) in [5.74, 6) is 0.121. The Morgan fingerprint density at radius 3 is 2.39 bits per heavy atom. The lowest BCUT2D eigenvalue weighted by Crippen LogP contribution is -2.64. The Morgan fingerprint density at radius 2 is 1.78 bits per heavy atom. The van der Waals surface area contributed by atoms with E-state index >= 15 is 0 Å². The number of likely N-dealkylation sites (tertiary alicyclic amines) is 1. The Morgan fingerprint density at radius 1 is 1.11 bits per heavy atom. The number of benzene rings is 2. The van der Waals surface area contributed by atoms with Crippen LogP contribution < -0.4 is 0 Å². The second-order valence-electron chi connectivity index (χ2n) is 10.4. The van der Waals surface area contributed by atoms with Crippen molar-refractivity contribution in [2.75, 3.05) is 13.1 Å². The van der Waals surface area contributed by atoms with Crippen LogP contribution in [-0.2, 0) is 24.4 Å². The van der Waals surface area contributed by atoms with Gasteiger partial charge in [0.15, 0.2) is 0 Å². The minimum atomic E-state index is -4.44. The number of amides is 1. The number of aromatic nitrogens is 1. The zero-order valence-corrected chi connectivity index (χ0v) is 21.6. The summed E-state index contributed by atoms with van der Waals surface area (Å²) >= 11 is 13.2. The minimum Gasteiger partial charge on any atom is -0.347 e. The molecule has 3 aromatic rings. The molecule has 2 heterocycles. The first-order valence-electron chi connectivity index (χ1n) is 11.7. The van der Waals surface area contributed by atoms with Gasteiger partial charge in [0.05, 0.1) is 16.1 Å². The molecule has 2 fully saturated rings. The molecule has 4 nitrogen and oxygen atoms in total. The monoisotopic (exact) mass is 536 g/mol. The first-order valence-corrected chi connectivity index (χ1v) is 12.5. The zero-order chi connectivity index (χ0) is 26.2. The Hall–Kier alpha value is -2.51. The van der Waals surface area contributed by atoms with Crippen molar-refractivity contribution in [3.05, 3.63) is 68.3 Å². The maximum Gasteiger partial charge on any atom is 0.416 e. The molecule has 0 N–H and O–H groups in total. The molecule has 0 bridgehead atoms. The van der Waals surface area contributed by atoms with Crippen molar-refractivity contribution in [1.29, 1.82) is 0 Å². The Balaban J connectivity index is 1.41. The molecule has 190 valence electrons. The lowest BCUT2D eigenvalue weighted by Gasteiger charge is -2.58. The third-order valence-electron chi connectivity index (χ3n) is 7.84. The first kappa shape index (κ1) is 25.2. The third kappa shape index (κ3) is 4.10. The molecule has 1 saturated carbocycles. The average molecular weight is 537 g/mol. The van der Waals surface area contributed by atoms with Crippen LogP contribution in [0.3, 0.4) is 0 Å². The molecule has 2 aromatic carbocycles. The van der Waals surface area contributed by atoms with Crippen molar-refractivity contribution in [1.82, 2.24) is 9.47 Å². The van der Waals surface area contributed by atoms with Crippen LogP contribution in [-0.4, -0.2) is 34.2 Å². The minimum absolute atomic E-state index is 0.0456. The number of ketones is 1. The third-order valence-corrected chi connectivity index (χ3v) is 8.63. The Labute approximate surface area is 217 Å². The highest BCUT2D eigenvalue weighted by Gasteiger charge is 2.54. The number of aryl methyl sites for hydroxylation is 2. The number of alkyl halides is 3.